The molecule has 0 spiro atoms. The van der Waals surface area contributed by atoms with Gasteiger partial charge in [0.1, 0.15) is 5.82 Å². The molecule has 92 valence electrons. The van der Waals surface area contributed by atoms with E-state index >= 15 is 0 Å². The molecule has 3 aliphatic carbocycles. The van der Waals surface area contributed by atoms with Crippen molar-refractivity contribution < 1.29 is 68.7 Å². The molecule has 0 saturated heterocycles. The SMILES string of the molecule is Fc1ccc(Cl)cc1C12CC([B-](F)(F)F)(C1)C2.[K+]. The van der Waals surface area contributed by atoms with Gasteiger partial charge in [-0.05, 0) is 29.2 Å². The summed E-state index contributed by atoms with van der Waals surface area (Å²) in [5.41, 5.74) is -0.251. The van der Waals surface area contributed by atoms with Crippen LogP contribution in [0.5, 0.6) is 0 Å². The van der Waals surface area contributed by atoms with Gasteiger partial charge in [0.25, 0.3) is 0 Å². The molecule has 0 N–H and O–H groups in total. The van der Waals surface area contributed by atoms with E-state index < -0.39 is 23.5 Å². The average Bonchev–Trinajstić information content (AvgIpc) is 2.03. The number of halogens is 5. The molecule has 18 heavy (non-hydrogen) atoms. The number of hydrogen-bond acceptors (Lipinski definition) is 0. The molecular formula is C11H9BClF4K. The Labute approximate surface area is 150 Å². The molecule has 0 radical (unpaired) electrons. The fraction of sp³-hybridized carbons (Fsp3) is 0.455. The molecule has 0 amide bonds. The van der Waals surface area contributed by atoms with Crippen LogP contribution in [0, 0.1) is 5.82 Å². The monoisotopic (exact) mass is 302 g/mol. The third-order valence-corrected chi connectivity index (χ3v) is 4.50. The van der Waals surface area contributed by atoms with Crippen LogP contribution in [-0.2, 0) is 5.41 Å². The molecular weight excluding hydrogens is 293 g/mol. The zero-order valence-corrected chi connectivity index (χ0v) is 13.7. The summed E-state index contributed by atoms with van der Waals surface area (Å²) >= 11 is 5.76. The third-order valence-electron chi connectivity index (χ3n) is 4.27. The Morgan fingerprint density at radius 1 is 1.11 bits per heavy atom. The van der Waals surface area contributed by atoms with Crippen molar-refractivity contribution in [3.63, 3.8) is 0 Å². The quantitative estimate of drug-likeness (QED) is 0.574. The molecule has 1 aromatic rings. The summed E-state index contributed by atoms with van der Waals surface area (Å²) in [6.07, 6.45) is 0.0856. The molecule has 7 heteroatoms. The van der Waals surface area contributed by atoms with Crippen LogP contribution in [-0.4, -0.2) is 6.98 Å². The minimum Gasteiger partial charge on any atom is -0.449 e. The maximum atomic E-state index is 13.6. The van der Waals surface area contributed by atoms with Gasteiger partial charge in [-0.1, -0.05) is 36.2 Å². The first kappa shape index (κ1) is 15.3. The van der Waals surface area contributed by atoms with Crippen molar-refractivity contribution in [3.8, 4) is 0 Å². The Morgan fingerprint density at radius 2 is 1.67 bits per heavy atom. The molecule has 4 rings (SSSR count). The molecule has 0 atom stereocenters. The van der Waals surface area contributed by atoms with E-state index in [0.29, 0.717) is 10.6 Å². The van der Waals surface area contributed by atoms with Crippen molar-refractivity contribution >= 4 is 18.6 Å². The second-order valence-electron chi connectivity index (χ2n) is 5.37. The van der Waals surface area contributed by atoms with Gasteiger partial charge in [-0.25, -0.2) is 4.39 Å². The van der Waals surface area contributed by atoms with Gasteiger partial charge in [-0.3, -0.25) is 0 Å². The maximum absolute atomic E-state index is 13.6. The fourth-order valence-corrected chi connectivity index (χ4v) is 3.58. The Hall–Kier alpha value is 0.931. The Bertz CT molecular complexity index is 483. The van der Waals surface area contributed by atoms with E-state index in [1.165, 1.54) is 18.2 Å². The smallest absolute Gasteiger partial charge is 0.449 e. The van der Waals surface area contributed by atoms with Gasteiger partial charge in [-0.15, -0.1) is 0 Å². The van der Waals surface area contributed by atoms with Gasteiger partial charge in [0.15, 0.2) is 0 Å². The van der Waals surface area contributed by atoms with Crippen LogP contribution in [0.1, 0.15) is 24.8 Å². The molecule has 3 aliphatic rings. The van der Waals surface area contributed by atoms with E-state index in [1.807, 2.05) is 0 Å². The van der Waals surface area contributed by atoms with Gasteiger partial charge in [0, 0.05) is 5.02 Å². The first-order valence-corrected chi connectivity index (χ1v) is 5.81. The Kier molecular flexibility index (Phi) is 3.80. The second-order valence-corrected chi connectivity index (χ2v) is 5.81. The number of benzene rings is 1. The van der Waals surface area contributed by atoms with Crippen LogP contribution in [0.15, 0.2) is 18.2 Å². The summed E-state index contributed by atoms with van der Waals surface area (Å²) in [7, 11) is 0. The molecule has 3 fully saturated rings. The molecule has 0 nitrogen and oxygen atoms in total. The third kappa shape index (κ3) is 1.95. The van der Waals surface area contributed by atoms with E-state index in [9.17, 15) is 17.3 Å². The van der Waals surface area contributed by atoms with Gasteiger partial charge >= 0.3 is 58.4 Å². The molecule has 0 aliphatic heterocycles. The summed E-state index contributed by atoms with van der Waals surface area (Å²) in [6.45, 7) is -4.81. The van der Waals surface area contributed by atoms with Crippen molar-refractivity contribution in [2.24, 2.45) is 0 Å². The molecule has 0 heterocycles. The predicted octanol–water partition coefficient (Wildman–Crippen LogP) is 1.51. The fourth-order valence-electron chi connectivity index (χ4n) is 3.40. The van der Waals surface area contributed by atoms with Crippen LogP contribution in [0.4, 0.5) is 17.3 Å². The van der Waals surface area contributed by atoms with Crippen LogP contribution >= 0.6 is 11.6 Å². The van der Waals surface area contributed by atoms with Crippen LogP contribution in [0.25, 0.3) is 0 Å². The van der Waals surface area contributed by atoms with Crippen molar-refractivity contribution in [2.45, 2.75) is 30.0 Å². The van der Waals surface area contributed by atoms with Crippen LogP contribution < -0.4 is 51.4 Å². The van der Waals surface area contributed by atoms with Crippen LogP contribution in [0.2, 0.25) is 10.3 Å². The first-order valence-electron chi connectivity index (χ1n) is 5.43. The average molecular weight is 303 g/mol. The molecule has 2 bridgehead atoms. The molecule has 3 saturated carbocycles. The topological polar surface area (TPSA) is 0 Å². The zero-order chi connectivity index (χ0) is 12.5. The predicted molar refractivity (Wildman–Crippen MR) is 58.7 cm³/mol. The van der Waals surface area contributed by atoms with Crippen molar-refractivity contribution in [1.82, 2.24) is 0 Å². The van der Waals surface area contributed by atoms with Gasteiger partial charge in [0.05, 0.1) is 0 Å². The summed E-state index contributed by atoms with van der Waals surface area (Å²) in [5, 5.41) is -1.12. The van der Waals surface area contributed by atoms with E-state index in [0.717, 1.165) is 0 Å². The summed E-state index contributed by atoms with van der Waals surface area (Å²) in [6, 6.07) is 4.10. The Morgan fingerprint density at radius 3 is 2.17 bits per heavy atom. The van der Waals surface area contributed by atoms with E-state index in [1.54, 1.807) is 0 Å². The minimum atomic E-state index is -4.81. The van der Waals surface area contributed by atoms with Gasteiger partial charge in [-0.2, -0.15) is 0 Å². The first-order chi connectivity index (χ1) is 7.78. The van der Waals surface area contributed by atoms with Gasteiger partial charge in [0.2, 0.25) is 0 Å². The molecule has 0 unspecified atom stereocenters. The van der Waals surface area contributed by atoms with Crippen molar-refractivity contribution in [3.05, 3.63) is 34.6 Å². The summed E-state index contributed by atoms with van der Waals surface area (Å²) in [5.74, 6) is -0.447. The summed E-state index contributed by atoms with van der Waals surface area (Å²) < 4.78 is 51.8. The van der Waals surface area contributed by atoms with Crippen molar-refractivity contribution in [1.29, 1.82) is 0 Å². The minimum absolute atomic E-state index is 0. The zero-order valence-electron chi connectivity index (χ0n) is 9.82. The van der Waals surface area contributed by atoms with E-state index in [4.69, 9.17) is 11.6 Å². The van der Waals surface area contributed by atoms with Gasteiger partial charge < -0.3 is 12.9 Å². The molecule has 1 aromatic carbocycles. The number of hydrogen-bond donors (Lipinski definition) is 0. The Balaban J connectivity index is 0.00000120. The second kappa shape index (κ2) is 4.46. The van der Waals surface area contributed by atoms with E-state index in [-0.39, 0.29) is 70.6 Å². The van der Waals surface area contributed by atoms with Crippen LogP contribution in [0.3, 0.4) is 0 Å². The number of rotatable bonds is 2. The largest absolute Gasteiger partial charge is 1.00 e. The van der Waals surface area contributed by atoms with E-state index in [2.05, 4.69) is 0 Å². The summed E-state index contributed by atoms with van der Waals surface area (Å²) in [4.78, 5) is 0. The standard InChI is InChI=1S/C11H9BClF4.K/c13-7-1-2-9(14)8(3-7)10-4-11(5-10,6-10)12(15,16)17;/h1-3H,4-6H2;/q-1;+1. The normalized spacial score (nSPS) is 33.2. The van der Waals surface area contributed by atoms with Crippen molar-refractivity contribution in [2.75, 3.05) is 0 Å². The molecule has 0 aromatic heterocycles. The maximum Gasteiger partial charge on any atom is 1.00 e.